The Kier molecular flexibility index (Phi) is 5.18. The second kappa shape index (κ2) is 7.09. The summed E-state index contributed by atoms with van der Waals surface area (Å²) in [6.45, 7) is 3.49. The van der Waals surface area contributed by atoms with Gasteiger partial charge in [-0.25, -0.2) is 0 Å². The summed E-state index contributed by atoms with van der Waals surface area (Å²) in [6, 6.07) is 9.10. The van der Waals surface area contributed by atoms with E-state index in [1.54, 1.807) is 24.3 Å². The number of nitrogens with one attached hydrogen (secondary N) is 1. The zero-order valence-electron chi connectivity index (χ0n) is 12.2. The predicted molar refractivity (Wildman–Crippen MR) is 80.6 cm³/mol. The minimum Gasteiger partial charge on any atom is -0.393 e. The molecule has 0 aliphatic carbocycles. The molecule has 1 unspecified atom stereocenters. The molecule has 0 aromatic heterocycles. The molecule has 1 aromatic rings. The molecule has 2 rings (SSSR count). The van der Waals surface area contributed by atoms with E-state index in [0.29, 0.717) is 24.6 Å². The quantitative estimate of drug-likeness (QED) is 0.881. The fourth-order valence-electron chi connectivity index (χ4n) is 2.58. The zero-order valence-corrected chi connectivity index (χ0v) is 12.2. The molecule has 1 heterocycles. The van der Waals surface area contributed by atoms with Gasteiger partial charge in [-0.05, 0) is 49.9 Å². The van der Waals surface area contributed by atoms with Crippen LogP contribution in [0.1, 0.15) is 25.3 Å². The van der Waals surface area contributed by atoms with Crippen LogP contribution in [0.5, 0.6) is 0 Å². The first-order valence-corrected chi connectivity index (χ1v) is 7.30. The zero-order chi connectivity index (χ0) is 15.2. The molecule has 21 heavy (non-hydrogen) atoms. The Morgan fingerprint density at radius 1 is 1.43 bits per heavy atom. The van der Waals surface area contributed by atoms with E-state index in [4.69, 9.17) is 5.26 Å². The van der Waals surface area contributed by atoms with Crippen LogP contribution in [0.15, 0.2) is 24.3 Å². The lowest BCUT2D eigenvalue weighted by atomic mass is 9.92. The highest BCUT2D eigenvalue weighted by Gasteiger charge is 2.25. The van der Waals surface area contributed by atoms with E-state index in [-0.39, 0.29) is 18.6 Å². The van der Waals surface area contributed by atoms with Crippen molar-refractivity contribution in [1.82, 2.24) is 4.90 Å². The first kappa shape index (κ1) is 15.3. The van der Waals surface area contributed by atoms with Crippen molar-refractivity contribution in [1.29, 1.82) is 5.26 Å². The Bertz CT molecular complexity index is 511. The number of benzene rings is 1. The molecular weight excluding hydrogens is 266 g/mol. The van der Waals surface area contributed by atoms with Crippen LogP contribution >= 0.6 is 0 Å². The number of hydrogen-bond donors (Lipinski definition) is 2. The van der Waals surface area contributed by atoms with Crippen LogP contribution in [0.4, 0.5) is 5.69 Å². The Labute approximate surface area is 125 Å². The van der Waals surface area contributed by atoms with Gasteiger partial charge in [-0.2, -0.15) is 5.26 Å². The van der Waals surface area contributed by atoms with Gasteiger partial charge in [-0.3, -0.25) is 4.79 Å². The lowest BCUT2D eigenvalue weighted by Gasteiger charge is -2.33. The summed E-state index contributed by atoms with van der Waals surface area (Å²) in [4.78, 5) is 14.0. The number of aliphatic hydroxyl groups excluding tert-OH is 1. The molecule has 2 N–H and O–H groups in total. The van der Waals surface area contributed by atoms with E-state index < -0.39 is 0 Å². The van der Waals surface area contributed by atoms with Crippen molar-refractivity contribution < 1.29 is 9.90 Å². The first-order valence-electron chi connectivity index (χ1n) is 7.30. The number of amides is 1. The highest BCUT2D eigenvalue weighted by Crippen LogP contribution is 2.20. The van der Waals surface area contributed by atoms with Crippen molar-refractivity contribution in [2.24, 2.45) is 5.92 Å². The van der Waals surface area contributed by atoms with Gasteiger partial charge in [0.1, 0.15) is 0 Å². The second-order valence-corrected chi connectivity index (χ2v) is 5.50. The summed E-state index contributed by atoms with van der Waals surface area (Å²) >= 11 is 0. The van der Waals surface area contributed by atoms with Crippen molar-refractivity contribution in [3.05, 3.63) is 29.8 Å². The SMILES string of the molecule is CC(O)C1CCN(C(=O)CNc2ccc(C#N)cc2)CC1. The smallest absolute Gasteiger partial charge is 0.241 e. The van der Waals surface area contributed by atoms with Crippen molar-refractivity contribution in [2.45, 2.75) is 25.9 Å². The maximum Gasteiger partial charge on any atom is 0.241 e. The van der Waals surface area contributed by atoms with E-state index >= 15 is 0 Å². The Morgan fingerprint density at radius 3 is 2.57 bits per heavy atom. The average molecular weight is 287 g/mol. The third kappa shape index (κ3) is 4.20. The van der Waals surface area contributed by atoms with Crippen LogP contribution in [-0.2, 0) is 4.79 Å². The molecular formula is C16H21N3O2. The van der Waals surface area contributed by atoms with E-state index in [9.17, 15) is 9.90 Å². The standard InChI is InChI=1S/C16H21N3O2/c1-12(20)14-6-8-19(9-7-14)16(21)11-18-15-4-2-13(10-17)3-5-15/h2-5,12,14,18,20H,6-9,11H2,1H3. The third-order valence-electron chi connectivity index (χ3n) is 4.03. The minimum atomic E-state index is -0.293. The number of carbonyl (C=O) groups is 1. The fourth-order valence-corrected chi connectivity index (χ4v) is 2.58. The molecule has 5 nitrogen and oxygen atoms in total. The number of nitriles is 1. The summed E-state index contributed by atoms with van der Waals surface area (Å²) in [7, 11) is 0. The molecule has 1 aliphatic heterocycles. The van der Waals surface area contributed by atoms with Gasteiger partial charge in [0.05, 0.1) is 24.3 Å². The molecule has 0 radical (unpaired) electrons. The van der Waals surface area contributed by atoms with Crippen LogP contribution in [-0.4, -0.2) is 41.7 Å². The van der Waals surface area contributed by atoms with Crippen molar-refractivity contribution in [2.75, 3.05) is 25.0 Å². The van der Waals surface area contributed by atoms with Crippen LogP contribution in [0.2, 0.25) is 0 Å². The van der Waals surface area contributed by atoms with Gasteiger partial charge in [0.2, 0.25) is 5.91 Å². The second-order valence-electron chi connectivity index (χ2n) is 5.50. The molecule has 1 saturated heterocycles. The van der Waals surface area contributed by atoms with E-state index in [2.05, 4.69) is 11.4 Å². The summed E-state index contributed by atoms with van der Waals surface area (Å²) in [5.74, 6) is 0.379. The average Bonchev–Trinajstić information content (AvgIpc) is 2.53. The summed E-state index contributed by atoms with van der Waals surface area (Å²) in [5, 5.41) is 21.4. The van der Waals surface area contributed by atoms with Crippen molar-refractivity contribution in [3.63, 3.8) is 0 Å². The monoisotopic (exact) mass is 287 g/mol. The summed E-state index contributed by atoms with van der Waals surface area (Å²) in [6.07, 6.45) is 1.43. The highest BCUT2D eigenvalue weighted by atomic mass is 16.3. The van der Waals surface area contributed by atoms with Crippen LogP contribution in [0, 0.1) is 17.2 Å². The first-order chi connectivity index (χ1) is 10.1. The van der Waals surface area contributed by atoms with Gasteiger partial charge in [0, 0.05) is 18.8 Å². The Morgan fingerprint density at radius 2 is 2.05 bits per heavy atom. The Balaban J connectivity index is 1.78. The fraction of sp³-hybridized carbons (Fsp3) is 0.500. The molecule has 0 bridgehead atoms. The maximum atomic E-state index is 12.1. The molecule has 5 heteroatoms. The van der Waals surface area contributed by atoms with E-state index in [1.165, 1.54) is 0 Å². The van der Waals surface area contributed by atoms with Gasteiger partial charge in [-0.15, -0.1) is 0 Å². The van der Waals surface area contributed by atoms with E-state index in [1.807, 2.05) is 11.8 Å². The van der Waals surface area contributed by atoms with Crippen molar-refractivity contribution in [3.8, 4) is 6.07 Å². The van der Waals surface area contributed by atoms with Gasteiger partial charge in [0.15, 0.2) is 0 Å². The maximum absolute atomic E-state index is 12.1. The molecule has 1 amide bonds. The number of nitrogens with zero attached hydrogens (tertiary/aromatic N) is 2. The summed E-state index contributed by atoms with van der Waals surface area (Å²) < 4.78 is 0. The molecule has 1 atom stereocenters. The largest absolute Gasteiger partial charge is 0.393 e. The highest BCUT2D eigenvalue weighted by molar-refractivity contribution is 5.81. The number of likely N-dealkylation sites (tertiary alicyclic amines) is 1. The lowest BCUT2D eigenvalue weighted by molar-refractivity contribution is -0.131. The normalized spacial score (nSPS) is 17.1. The molecule has 1 fully saturated rings. The van der Waals surface area contributed by atoms with E-state index in [0.717, 1.165) is 18.5 Å². The predicted octanol–water partition coefficient (Wildman–Crippen LogP) is 1.59. The number of piperidine rings is 1. The molecule has 1 aromatic carbocycles. The van der Waals surface area contributed by atoms with Crippen LogP contribution in [0.25, 0.3) is 0 Å². The molecule has 0 spiro atoms. The minimum absolute atomic E-state index is 0.0726. The molecule has 1 aliphatic rings. The van der Waals surface area contributed by atoms with Gasteiger partial charge in [-0.1, -0.05) is 0 Å². The number of rotatable bonds is 4. The lowest BCUT2D eigenvalue weighted by Crippen LogP contribution is -2.43. The number of carbonyl (C=O) groups excluding carboxylic acids is 1. The summed E-state index contributed by atoms with van der Waals surface area (Å²) in [5.41, 5.74) is 1.44. The molecule has 0 saturated carbocycles. The van der Waals surface area contributed by atoms with Gasteiger partial charge >= 0.3 is 0 Å². The van der Waals surface area contributed by atoms with Crippen LogP contribution in [0.3, 0.4) is 0 Å². The van der Waals surface area contributed by atoms with Gasteiger partial charge < -0.3 is 15.3 Å². The number of hydrogen-bond acceptors (Lipinski definition) is 4. The number of anilines is 1. The Hall–Kier alpha value is -2.06. The third-order valence-corrected chi connectivity index (χ3v) is 4.03. The molecule has 112 valence electrons. The topological polar surface area (TPSA) is 76.4 Å². The number of aliphatic hydroxyl groups is 1. The van der Waals surface area contributed by atoms with Crippen molar-refractivity contribution >= 4 is 11.6 Å². The van der Waals surface area contributed by atoms with Crippen LogP contribution < -0.4 is 5.32 Å². The van der Waals surface area contributed by atoms with Gasteiger partial charge in [0.25, 0.3) is 0 Å².